The number of hydrogen-bond acceptors (Lipinski definition) is 2. The highest BCUT2D eigenvalue weighted by molar-refractivity contribution is 5.79. The van der Waals surface area contributed by atoms with Gasteiger partial charge < -0.3 is 4.90 Å². The van der Waals surface area contributed by atoms with E-state index in [-0.39, 0.29) is 0 Å². The number of rotatable bonds is 2. The molecule has 0 atom stereocenters. The van der Waals surface area contributed by atoms with Crippen LogP contribution in [-0.2, 0) is 0 Å². The van der Waals surface area contributed by atoms with Crippen molar-refractivity contribution in [3.05, 3.63) is 54.4 Å². The fourth-order valence-electron chi connectivity index (χ4n) is 3.17. The number of aromatic nitrogens is 2. The average molecular weight is 287 g/mol. The maximum absolute atomic E-state index is 5.64. The maximum Gasteiger partial charge on any atom is 0.190 e. The molecule has 0 radical (unpaired) electrons. The first-order valence-electron chi connectivity index (χ1n) is 7.66. The Morgan fingerprint density at radius 2 is 1.59 bits per heavy atom. The molecule has 2 heterocycles. The molecular formula is C19H17N3. The second-order valence-corrected chi connectivity index (χ2v) is 5.61. The summed E-state index contributed by atoms with van der Waals surface area (Å²) in [7, 11) is 0. The van der Waals surface area contributed by atoms with Gasteiger partial charge in [0.2, 0.25) is 0 Å². The zero-order valence-corrected chi connectivity index (χ0v) is 12.4. The summed E-state index contributed by atoms with van der Waals surface area (Å²) in [6, 6.07) is 16.6. The van der Waals surface area contributed by atoms with Crippen molar-refractivity contribution in [3.8, 4) is 18.0 Å². The van der Waals surface area contributed by atoms with Gasteiger partial charge in [0.05, 0.1) is 11.0 Å². The van der Waals surface area contributed by atoms with Gasteiger partial charge in [-0.1, -0.05) is 12.1 Å². The monoisotopic (exact) mass is 287 g/mol. The third kappa shape index (κ3) is 2.05. The second-order valence-electron chi connectivity index (χ2n) is 5.61. The summed E-state index contributed by atoms with van der Waals surface area (Å²) >= 11 is 0. The van der Waals surface area contributed by atoms with Crippen molar-refractivity contribution in [3.63, 3.8) is 0 Å². The smallest absolute Gasteiger partial charge is 0.190 e. The molecule has 0 amide bonds. The number of hydrogen-bond donors (Lipinski definition) is 0. The fourth-order valence-corrected chi connectivity index (χ4v) is 3.17. The highest BCUT2D eigenvalue weighted by Crippen LogP contribution is 2.25. The van der Waals surface area contributed by atoms with Gasteiger partial charge in [0.1, 0.15) is 0 Å². The Bertz CT molecular complexity index is 847. The molecule has 108 valence electrons. The van der Waals surface area contributed by atoms with Crippen molar-refractivity contribution in [1.82, 2.24) is 9.55 Å². The van der Waals surface area contributed by atoms with E-state index >= 15 is 0 Å². The minimum Gasteiger partial charge on any atom is -0.372 e. The Kier molecular flexibility index (Phi) is 3.08. The largest absolute Gasteiger partial charge is 0.372 e. The van der Waals surface area contributed by atoms with Crippen molar-refractivity contribution in [1.29, 1.82) is 0 Å². The molecule has 3 heteroatoms. The highest BCUT2D eigenvalue weighted by atomic mass is 15.1. The van der Waals surface area contributed by atoms with Gasteiger partial charge in [-0.2, -0.15) is 0 Å². The molecule has 1 aliphatic heterocycles. The van der Waals surface area contributed by atoms with Gasteiger partial charge in [0.25, 0.3) is 0 Å². The molecule has 0 unspecified atom stereocenters. The molecule has 2 aromatic carbocycles. The van der Waals surface area contributed by atoms with Gasteiger partial charge in [0, 0.05) is 24.5 Å². The van der Waals surface area contributed by atoms with Gasteiger partial charge >= 0.3 is 0 Å². The van der Waals surface area contributed by atoms with Crippen LogP contribution in [0.25, 0.3) is 16.7 Å². The number of terminal acetylenes is 1. The molecule has 0 spiro atoms. The summed E-state index contributed by atoms with van der Waals surface area (Å²) in [5.41, 5.74) is 4.32. The molecular weight excluding hydrogens is 270 g/mol. The standard InChI is InChI=1S/C19H17N3/c1-2-19-20-17-7-3-4-8-18(17)22(19)16-11-9-15(10-12-16)21-13-5-6-14-21/h1,3-4,7-12H,5-6,13-14H2. The first-order chi connectivity index (χ1) is 10.9. The van der Waals surface area contributed by atoms with Crippen LogP contribution in [0.1, 0.15) is 18.7 Å². The molecule has 0 bridgehead atoms. The van der Waals surface area contributed by atoms with Crippen LogP contribution >= 0.6 is 0 Å². The molecule has 1 aromatic heterocycles. The third-order valence-electron chi connectivity index (χ3n) is 4.27. The van der Waals surface area contributed by atoms with E-state index in [0.29, 0.717) is 5.82 Å². The minimum absolute atomic E-state index is 0.648. The Balaban J connectivity index is 1.80. The molecule has 1 fully saturated rings. The van der Waals surface area contributed by atoms with Crippen LogP contribution in [0.3, 0.4) is 0 Å². The average Bonchev–Trinajstić information content (AvgIpc) is 3.22. The van der Waals surface area contributed by atoms with Crippen molar-refractivity contribution in [2.75, 3.05) is 18.0 Å². The van der Waals surface area contributed by atoms with E-state index < -0.39 is 0 Å². The zero-order valence-electron chi connectivity index (χ0n) is 12.4. The van der Waals surface area contributed by atoms with Crippen LogP contribution in [-0.4, -0.2) is 22.6 Å². The molecule has 0 saturated carbocycles. The van der Waals surface area contributed by atoms with Gasteiger partial charge in [0.15, 0.2) is 5.82 Å². The first kappa shape index (κ1) is 13.0. The normalized spacial score (nSPS) is 14.4. The number of para-hydroxylation sites is 2. The summed E-state index contributed by atoms with van der Waals surface area (Å²) in [6.07, 6.45) is 8.21. The Hall–Kier alpha value is -2.73. The lowest BCUT2D eigenvalue weighted by Gasteiger charge is -2.18. The van der Waals surface area contributed by atoms with Crippen LogP contribution < -0.4 is 4.90 Å². The van der Waals surface area contributed by atoms with E-state index in [4.69, 9.17) is 6.42 Å². The highest BCUT2D eigenvalue weighted by Gasteiger charge is 2.14. The molecule has 22 heavy (non-hydrogen) atoms. The summed E-state index contributed by atoms with van der Waals surface area (Å²) < 4.78 is 2.04. The molecule has 3 aromatic rings. The first-order valence-corrected chi connectivity index (χ1v) is 7.66. The van der Waals surface area contributed by atoms with Crippen molar-refractivity contribution < 1.29 is 0 Å². The number of benzene rings is 2. The lowest BCUT2D eigenvalue weighted by atomic mass is 10.2. The Morgan fingerprint density at radius 1 is 0.909 bits per heavy atom. The number of nitrogens with zero attached hydrogens (tertiary/aromatic N) is 3. The second kappa shape index (κ2) is 5.23. The molecule has 0 aliphatic carbocycles. The van der Waals surface area contributed by atoms with Crippen molar-refractivity contribution in [2.24, 2.45) is 0 Å². The lowest BCUT2D eigenvalue weighted by Crippen LogP contribution is -2.17. The van der Waals surface area contributed by atoms with Crippen molar-refractivity contribution in [2.45, 2.75) is 12.8 Å². The summed E-state index contributed by atoms with van der Waals surface area (Å²) in [5.74, 6) is 3.34. The van der Waals surface area contributed by atoms with Crippen LogP contribution in [0.4, 0.5) is 5.69 Å². The summed E-state index contributed by atoms with van der Waals surface area (Å²) in [5, 5.41) is 0. The van der Waals surface area contributed by atoms with Gasteiger partial charge in [-0.3, -0.25) is 4.57 Å². The van der Waals surface area contributed by atoms with E-state index in [9.17, 15) is 0 Å². The minimum atomic E-state index is 0.648. The quantitative estimate of drug-likeness (QED) is 0.671. The molecule has 1 aliphatic rings. The maximum atomic E-state index is 5.64. The third-order valence-corrected chi connectivity index (χ3v) is 4.27. The molecule has 4 rings (SSSR count). The van der Waals surface area contributed by atoms with Gasteiger partial charge in [-0.15, -0.1) is 6.42 Å². The number of imidazole rings is 1. The van der Waals surface area contributed by atoms with Gasteiger partial charge in [-0.05, 0) is 55.2 Å². The van der Waals surface area contributed by atoms with Crippen molar-refractivity contribution >= 4 is 16.7 Å². The Morgan fingerprint density at radius 3 is 2.32 bits per heavy atom. The van der Waals surface area contributed by atoms with E-state index in [1.807, 2.05) is 22.8 Å². The zero-order chi connectivity index (χ0) is 14.9. The summed E-state index contributed by atoms with van der Waals surface area (Å²) in [6.45, 7) is 2.31. The predicted octanol–water partition coefficient (Wildman–Crippen LogP) is 3.61. The SMILES string of the molecule is C#Cc1nc2ccccc2n1-c1ccc(N2CCCC2)cc1. The van der Waals surface area contributed by atoms with Crippen LogP contribution in [0.5, 0.6) is 0 Å². The lowest BCUT2D eigenvalue weighted by molar-refractivity contribution is 0.949. The van der Waals surface area contributed by atoms with Crippen LogP contribution in [0.2, 0.25) is 0 Å². The predicted molar refractivity (Wildman–Crippen MR) is 90.5 cm³/mol. The molecule has 0 N–H and O–H groups in total. The Labute approximate surface area is 130 Å². The number of fused-ring (bicyclic) bond motifs is 1. The number of anilines is 1. The summed E-state index contributed by atoms with van der Waals surface area (Å²) in [4.78, 5) is 6.95. The van der Waals surface area contributed by atoms with Crippen LogP contribution in [0.15, 0.2) is 48.5 Å². The topological polar surface area (TPSA) is 21.1 Å². The van der Waals surface area contributed by atoms with Crippen LogP contribution in [0, 0.1) is 12.3 Å². The van der Waals surface area contributed by atoms with E-state index in [2.05, 4.69) is 46.1 Å². The van der Waals surface area contributed by atoms with E-state index in [1.165, 1.54) is 18.5 Å². The molecule has 1 saturated heterocycles. The fraction of sp³-hybridized carbons (Fsp3) is 0.211. The molecule has 3 nitrogen and oxygen atoms in total. The van der Waals surface area contributed by atoms with Gasteiger partial charge in [-0.25, -0.2) is 4.98 Å². The van der Waals surface area contributed by atoms with E-state index in [0.717, 1.165) is 29.8 Å². The van der Waals surface area contributed by atoms with E-state index in [1.54, 1.807) is 0 Å².